The Balaban J connectivity index is 2.49. The minimum absolute atomic E-state index is 0.0148. The molecule has 0 fully saturated rings. The molecule has 1 aromatic rings. The zero-order valence-corrected chi connectivity index (χ0v) is 14.0. The predicted octanol–water partition coefficient (Wildman–Crippen LogP) is 4.11. The lowest BCUT2D eigenvalue weighted by atomic mass is 10.2. The number of thiophene rings is 1. The number of halogens is 1. The molecule has 0 aromatic carbocycles. The highest BCUT2D eigenvalue weighted by Gasteiger charge is 2.20. The van der Waals surface area contributed by atoms with Crippen molar-refractivity contribution in [3.8, 4) is 0 Å². The minimum atomic E-state index is -3.81. The van der Waals surface area contributed by atoms with Gasteiger partial charge in [-0.1, -0.05) is 32.6 Å². The standard InChI is InChI=1S/C13H19ClO4S2/c1-3-4-5-6-7-8-18-13(15)11-9-12(10(2)19-11)20(14,16)17/h9H,3-8H2,1-2H3. The average Bonchev–Trinajstić information content (AvgIpc) is 2.75. The van der Waals surface area contributed by atoms with Crippen LogP contribution in [0.4, 0.5) is 0 Å². The van der Waals surface area contributed by atoms with Crippen molar-refractivity contribution >= 4 is 37.0 Å². The van der Waals surface area contributed by atoms with E-state index in [0.717, 1.165) is 30.6 Å². The van der Waals surface area contributed by atoms with Crippen molar-refractivity contribution in [2.24, 2.45) is 0 Å². The van der Waals surface area contributed by atoms with Crippen molar-refractivity contribution in [2.75, 3.05) is 6.61 Å². The smallest absolute Gasteiger partial charge is 0.348 e. The molecule has 0 N–H and O–H groups in total. The number of hydrogen-bond donors (Lipinski definition) is 0. The van der Waals surface area contributed by atoms with Gasteiger partial charge < -0.3 is 4.74 Å². The first kappa shape index (κ1) is 17.5. The van der Waals surface area contributed by atoms with E-state index in [4.69, 9.17) is 15.4 Å². The van der Waals surface area contributed by atoms with Crippen LogP contribution in [-0.2, 0) is 13.8 Å². The van der Waals surface area contributed by atoms with Crippen LogP contribution >= 0.6 is 22.0 Å². The summed E-state index contributed by atoms with van der Waals surface area (Å²) in [5.41, 5.74) is 0. The van der Waals surface area contributed by atoms with Crippen molar-refractivity contribution in [2.45, 2.75) is 50.8 Å². The molecular weight excluding hydrogens is 320 g/mol. The summed E-state index contributed by atoms with van der Waals surface area (Å²) < 4.78 is 27.7. The Hall–Kier alpha value is -0.590. The number of esters is 1. The number of unbranched alkanes of at least 4 members (excludes halogenated alkanes) is 4. The highest BCUT2D eigenvalue weighted by molar-refractivity contribution is 8.13. The zero-order valence-electron chi connectivity index (χ0n) is 11.6. The highest BCUT2D eigenvalue weighted by Crippen LogP contribution is 2.28. The summed E-state index contributed by atoms with van der Waals surface area (Å²) in [5, 5.41) is 0. The van der Waals surface area contributed by atoms with E-state index in [1.165, 1.54) is 18.9 Å². The summed E-state index contributed by atoms with van der Waals surface area (Å²) in [6.07, 6.45) is 5.36. The normalized spacial score (nSPS) is 11.6. The molecule has 0 bridgehead atoms. The summed E-state index contributed by atoms with van der Waals surface area (Å²) in [6, 6.07) is 1.28. The van der Waals surface area contributed by atoms with Gasteiger partial charge in [0.15, 0.2) is 0 Å². The Kier molecular flexibility index (Phi) is 6.99. The summed E-state index contributed by atoms with van der Waals surface area (Å²) in [7, 11) is 1.48. The molecule has 0 aliphatic rings. The Morgan fingerprint density at radius 3 is 2.50 bits per heavy atom. The molecule has 0 aliphatic heterocycles. The number of carbonyl (C=O) groups excluding carboxylic acids is 1. The van der Waals surface area contributed by atoms with Gasteiger partial charge in [-0.25, -0.2) is 13.2 Å². The number of rotatable bonds is 8. The van der Waals surface area contributed by atoms with Crippen LogP contribution in [0.1, 0.15) is 53.6 Å². The monoisotopic (exact) mass is 338 g/mol. The third-order valence-corrected chi connectivity index (χ3v) is 5.42. The third kappa shape index (κ3) is 5.42. The van der Waals surface area contributed by atoms with E-state index in [2.05, 4.69) is 6.92 Å². The number of hydrogen-bond acceptors (Lipinski definition) is 5. The molecule has 0 spiro atoms. The van der Waals surface area contributed by atoms with Gasteiger partial charge in [0.2, 0.25) is 0 Å². The summed E-state index contributed by atoms with van der Waals surface area (Å²) in [5.74, 6) is -0.486. The first-order valence-corrected chi connectivity index (χ1v) is 9.71. The van der Waals surface area contributed by atoms with E-state index in [1.807, 2.05) is 0 Å². The fourth-order valence-corrected chi connectivity index (χ4v) is 4.31. The summed E-state index contributed by atoms with van der Waals surface area (Å²) >= 11 is 1.08. The Bertz CT molecular complexity index is 549. The molecule has 0 amide bonds. The van der Waals surface area contributed by atoms with Gasteiger partial charge in [0, 0.05) is 15.6 Å². The Labute approximate surface area is 128 Å². The molecule has 0 radical (unpaired) electrons. The van der Waals surface area contributed by atoms with E-state index in [0.29, 0.717) is 11.5 Å². The van der Waals surface area contributed by atoms with Crippen LogP contribution in [0.2, 0.25) is 0 Å². The maximum atomic E-state index is 11.8. The molecule has 1 aromatic heterocycles. The molecule has 0 atom stereocenters. The molecule has 4 nitrogen and oxygen atoms in total. The minimum Gasteiger partial charge on any atom is -0.462 e. The highest BCUT2D eigenvalue weighted by atomic mass is 35.7. The molecule has 114 valence electrons. The topological polar surface area (TPSA) is 60.4 Å². The molecule has 1 heterocycles. The fraction of sp³-hybridized carbons (Fsp3) is 0.615. The van der Waals surface area contributed by atoms with Gasteiger partial charge in [-0.2, -0.15) is 0 Å². The SMILES string of the molecule is CCCCCCCOC(=O)c1cc(S(=O)(=O)Cl)c(C)s1. The third-order valence-electron chi connectivity index (χ3n) is 2.82. The van der Waals surface area contributed by atoms with Gasteiger partial charge in [0.05, 0.1) is 11.5 Å². The molecule has 20 heavy (non-hydrogen) atoms. The second-order valence-corrected chi connectivity index (χ2v) is 8.31. The van der Waals surface area contributed by atoms with Crippen LogP contribution in [0.3, 0.4) is 0 Å². The van der Waals surface area contributed by atoms with Crippen LogP contribution in [0.5, 0.6) is 0 Å². The summed E-state index contributed by atoms with van der Waals surface area (Å²) in [4.78, 5) is 12.5. The van der Waals surface area contributed by atoms with Crippen molar-refractivity contribution in [3.05, 3.63) is 15.8 Å². The van der Waals surface area contributed by atoms with E-state index < -0.39 is 15.0 Å². The van der Waals surface area contributed by atoms with Gasteiger partial charge >= 0.3 is 5.97 Å². The van der Waals surface area contributed by atoms with Gasteiger partial charge in [-0.15, -0.1) is 11.3 Å². The van der Waals surface area contributed by atoms with Gasteiger partial charge in [0.1, 0.15) is 4.88 Å². The van der Waals surface area contributed by atoms with Crippen LogP contribution in [0.15, 0.2) is 11.0 Å². The molecule has 0 saturated heterocycles. The molecule has 0 unspecified atom stereocenters. The number of ether oxygens (including phenoxy) is 1. The lowest BCUT2D eigenvalue weighted by molar-refractivity contribution is 0.0503. The largest absolute Gasteiger partial charge is 0.462 e. The van der Waals surface area contributed by atoms with E-state index in [9.17, 15) is 13.2 Å². The zero-order chi connectivity index (χ0) is 15.2. The van der Waals surface area contributed by atoms with Crippen LogP contribution in [-0.4, -0.2) is 21.0 Å². The van der Waals surface area contributed by atoms with Gasteiger partial charge in [-0.05, 0) is 19.4 Å². The lowest BCUT2D eigenvalue weighted by Crippen LogP contribution is -2.04. The summed E-state index contributed by atoms with van der Waals surface area (Å²) in [6.45, 7) is 4.12. The molecule has 7 heteroatoms. The number of aryl methyl sites for hydroxylation is 1. The molecule has 0 saturated carbocycles. The predicted molar refractivity (Wildman–Crippen MR) is 81.1 cm³/mol. The number of carbonyl (C=O) groups is 1. The van der Waals surface area contributed by atoms with Gasteiger partial charge in [-0.3, -0.25) is 0 Å². The second-order valence-electron chi connectivity index (χ2n) is 4.52. The van der Waals surface area contributed by atoms with Crippen LogP contribution in [0.25, 0.3) is 0 Å². The Morgan fingerprint density at radius 2 is 1.95 bits per heavy atom. The fourth-order valence-electron chi connectivity index (χ4n) is 1.75. The van der Waals surface area contributed by atoms with Gasteiger partial charge in [0.25, 0.3) is 9.05 Å². The molecular formula is C13H19ClO4S2. The second kappa shape index (κ2) is 8.00. The van der Waals surface area contributed by atoms with Crippen molar-refractivity contribution < 1.29 is 17.9 Å². The maximum absolute atomic E-state index is 11.8. The van der Waals surface area contributed by atoms with E-state index in [1.54, 1.807) is 6.92 Å². The first-order chi connectivity index (χ1) is 9.36. The quantitative estimate of drug-likeness (QED) is 0.406. The van der Waals surface area contributed by atoms with Crippen molar-refractivity contribution in [1.82, 2.24) is 0 Å². The average molecular weight is 339 g/mol. The van der Waals surface area contributed by atoms with Crippen LogP contribution in [0, 0.1) is 6.92 Å². The van der Waals surface area contributed by atoms with Crippen LogP contribution < -0.4 is 0 Å². The van der Waals surface area contributed by atoms with Crippen molar-refractivity contribution in [3.63, 3.8) is 0 Å². The lowest BCUT2D eigenvalue weighted by Gasteiger charge is -2.02. The van der Waals surface area contributed by atoms with E-state index >= 15 is 0 Å². The maximum Gasteiger partial charge on any atom is 0.348 e. The Morgan fingerprint density at radius 1 is 1.30 bits per heavy atom. The first-order valence-electron chi connectivity index (χ1n) is 6.58. The molecule has 1 rings (SSSR count). The van der Waals surface area contributed by atoms with Crippen molar-refractivity contribution in [1.29, 1.82) is 0 Å². The molecule has 0 aliphatic carbocycles. The van der Waals surface area contributed by atoms with E-state index in [-0.39, 0.29) is 9.77 Å².